The molecule has 3 atom stereocenters. The van der Waals surface area contributed by atoms with Crippen LogP contribution in [0.2, 0.25) is 0 Å². The van der Waals surface area contributed by atoms with Crippen molar-refractivity contribution < 1.29 is 29.0 Å². The fourth-order valence-corrected chi connectivity index (χ4v) is 3.88. The molecule has 164 valence electrons. The Bertz CT molecular complexity index is 912. The van der Waals surface area contributed by atoms with Gasteiger partial charge in [0.05, 0.1) is 19.1 Å². The summed E-state index contributed by atoms with van der Waals surface area (Å²) in [5.74, 6) is -2.75. The number of hydrogen-bond donors (Lipinski definition) is 1. The van der Waals surface area contributed by atoms with Gasteiger partial charge in [-0.05, 0) is 37.3 Å². The molecule has 2 amide bonds. The van der Waals surface area contributed by atoms with Gasteiger partial charge in [0.1, 0.15) is 6.61 Å². The second-order valence-corrected chi connectivity index (χ2v) is 7.84. The summed E-state index contributed by atoms with van der Waals surface area (Å²) in [7, 11) is 1.15. The number of carbonyl (C=O) groups is 3. The van der Waals surface area contributed by atoms with Crippen molar-refractivity contribution in [1.82, 2.24) is 4.90 Å². The smallest absolute Gasteiger partial charge is 0.416 e. The van der Waals surface area contributed by atoms with Gasteiger partial charge in [-0.15, -0.1) is 0 Å². The molecule has 1 aliphatic rings. The Morgan fingerprint density at radius 1 is 1.13 bits per heavy atom. The van der Waals surface area contributed by atoms with Gasteiger partial charge in [0, 0.05) is 0 Å². The maximum Gasteiger partial charge on any atom is 0.416 e. The molecule has 1 N–H and O–H groups in total. The highest BCUT2D eigenvalue weighted by Gasteiger charge is 2.50. The van der Waals surface area contributed by atoms with Gasteiger partial charge in [0.25, 0.3) is 0 Å². The minimum atomic E-state index is -2.10. The molecule has 7 heteroatoms. The highest BCUT2D eigenvalue weighted by atomic mass is 16.6. The van der Waals surface area contributed by atoms with Crippen LogP contribution >= 0.6 is 0 Å². The molecule has 0 bridgehead atoms. The number of benzene rings is 2. The summed E-state index contributed by atoms with van der Waals surface area (Å²) < 4.78 is 9.89. The van der Waals surface area contributed by atoms with Crippen LogP contribution in [0.25, 0.3) is 0 Å². The fraction of sp³-hybridized carbons (Fsp3) is 0.375. The average Bonchev–Trinajstić information content (AvgIpc) is 3.14. The Hall–Kier alpha value is -3.19. The average molecular weight is 425 g/mol. The first-order valence-electron chi connectivity index (χ1n) is 10.2. The molecular weight excluding hydrogens is 398 g/mol. The monoisotopic (exact) mass is 425 g/mol. The Labute approximate surface area is 181 Å². The largest absolute Gasteiger partial charge is 0.467 e. The van der Waals surface area contributed by atoms with E-state index in [0.29, 0.717) is 12.8 Å². The zero-order valence-electron chi connectivity index (χ0n) is 17.7. The van der Waals surface area contributed by atoms with Gasteiger partial charge in [-0.1, -0.05) is 60.7 Å². The van der Waals surface area contributed by atoms with E-state index in [-0.39, 0.29) is 13.0 Å². The first kappa shape index (κ1) is 22.5. The number of carbonyl (C=O) groups excluding carboxylic acids is 3. The van der Waals surface area contributed by atoms with E-state index < -0.39 is 35.5 Å². The normalized spacial score (nSPS) is 18.7. The quantitative estimate of drug-likeness (QED) is 0.654. The van der Waals surface area contributed by atoms with Crippen molar-refractivity contribution in [3.8, 4) is 0 Å². The van der Waals surface area contributed by atoms with Crippen LogP contribution in [0, 0.1) is 5.92 Å². The highest BCUT2D eigenvalue weighted by molar-refractivity contribution is 5.98. The zero-order chi connectivity index (χ0) is 22.4. The maximum atomic E-state index is 13.5. The van der Waals surface area contributed by atoms with Crippen LogP contribution < -0.4 is 0 Å². The summed E-state index contributed by atoms with van der Waals surface area (Å²) >= 11 is 0. The van der Waals surface area contributed by atoms with Crippen molar-refractivity contribution in [3.63, 3.8) is 0 Å². The van der Waals surface area contributed by atoms with Crippen molar-refractivity contribution in [3.05, 3.63) is 71.8 Å². The van der Waals surface area contributed by atoms with Crippen molar-refractivity contribution in [1.29, 1.82) is 0 Å². The standard InChI is InChI=1S/C24H27NO6/c1-24(29,22(27)30-2)20(14-13-17-9-5-3-6-10-17)21(26)25-19(16-31-23(25)28)15-18-11-7-4-8-12-18/h3-12,19-20,29H,13-16H2,1-2H3/t19-,20-,24-/m0/s1. The second-order valence-electron chi connectivity index (χ2n) is 7.84. The summed E-state index contributed by atoms with van der Waals surface area (Å²) in [4.78, 5) is 39.3. The third-order valence-corrected chi connectivity index (χ3v) is 5.65. The lowest BCUT2D eigenvalue weighted by Gasteiger charge is -2.32. The number of aryl methyl sites for hydroxylation is 1. The Balaban J connectivity index is 1.86. The number of rotatable bonds is 8. The molecule has 2 aromatic carbocycles. The van der Waals surface area contributed by atoms with E-state index >= 15 is 0 Å². The van der Waals surface area contributed by atoms with E-state index in [9.17, 15) is 19.5 Å². The molecule has 31 heavy (non-hydrogen) atoms. The first-order valence-corrected chi connectivity index (χ1v) is 10.2. The lowest BCUT2D eigenvalue weighted by Crippen LogP contribution is -2.54. The van der Waals surface area contributed by atoms with E-state index in [1.165, 1.54) is 6.92 Å². The van der Waals surface area contributed by atoms with Crippen molar-refractivity contribution in [2.24, 2.45) is 5.92 Å². The lowest BCUT2D eigenvalue weighted by atomic mass is 9.83. The topological polar surface area (TPSA) is 93.1 Å². The number of hydrogen-bond acceptors (Lipinski definition) is 6. The second kappa shape index (κ2) is 9.75. The molecule has 7 nitrogen and oxygen atoms in total. The summed E-state index contributed by atoms with van der Waals surface area (Å²) in [6.45, 7) is 1.31. The van der Waals surface area contributed by atoms with E-state index in [0.717, 1.165) is 23.1 Å². The van der Waals surface area contributed by atoms with E-state index in [4.69, 9.17) is 9.47 Å². The molecule has 3 rings (SSSR count). The number of methoxy groups -OCH3 is 1. The Morgan fingerprint density at radius 3 is 2.29 bits per heavy atom. The van der Waals surface area contributed by atoms with Crippen LogP contribution in [-0.2, 0) is 31.9 Å². The number of nitrogens with zero attached hydrogens (tertiary/aromatic N) is 1. The van der Waals surface area contributed by atoms with E-state index in [1.54, 1.807) is 0 Å². The van der Waals surface area contributed by atoms with Crippen molar-refractivity contribution in [2.75, 3.05) is 13.7 Å². The van der Waals surface area contributed by atoms with E-state index in [2.05, 4.69) is 0 Å². The molecule has 1 heterocycles. The summed E-state index contributed by atoms with van der Waals surface area (Å²) in [5, 5.41) is 10.9. The number of cyclic esters (lactones) is 1. The summed E-state index contributed by atoms with van der Waals surface area (Å²) in [6.07, 6.45) is 0.254. The molecule has 0 saturated carbocycles. The van der Waals surface area contributed by atoms with Gasteiger partial charge in [0.2, 0.25) is 5.91 Å². The Kier molecular flexibility index (Phi) is 7.07. The van der Waals surface area contributed by atoms with Crippen LogP contribution in [0.1, 0.15) is 24.5 Å². The SMILES string of the molecule is COC(=O)[C@@](C)(O)[C@@H](CCc1ccccc1)C(=O)N1C(=O)OC[C@@H]1Cc1ccccc1. The fourth-order valence-electron chi connectivity index (χ4n) is 3.88. The van der Waals surface area contributed by atoms with Crippen LogP contribution in [0.5, 0.6) is 0 Å². The number of esters is 1. The molecule has 0 radical (unpaired) electrons. The van der Waals surface area contributed by atoms with Crippen LogP contribution in [0.15, 0.2) is 60.7 Å². The molecule has 0 aliphatic carbocycles. The molecule has 1 saturated heterocycles. The predicted octanol–water partition coefficient (Wildman–Crippen LogP) is 2.75. The van der Waals surface area contributed by atoms with E-state index in [1.807, 2.05) is 60.7 Å². The van der Waals surface area contributed by atoms with Crippen LogP contribution in [-0.4, -0.2) is 53.3 Å². The van der Waals surface area contributed by atoms with Gasteiger partial charge in [0.15, 0.2) is 5.60 Å². The minimum Gasteiger partial charge on any atom is -0.467 e. The number of aliphatic hydroxyl groups is 1. The third-order valence-electron chi connectivity index (χ3n) is 5.65. The van der Waals surface area contributed by atoms with Gasteiger partial charge >= 0.3 is 12.1 Å². The predicted molar refractivity (Wildman–Crippen MR) is 113 cm³/mol. The van der Waals surface area contributed by atoms with Crippen LogP contribution in [0.3, 0.4) is 0 Å². The van der Waals surface area contributed by atoms with Gasteiger partial charge in [-0.3, -0.25) is 4.79 Å². The maximum absolute atomic E-state index is 13.5. The highest BCUT2D eigenvalue weighted by Crippen LogP contribution is 2.30. The third kappa shape index (κ3) is 5.11. The molecular formula is C24H27NO6. The number of amides is 2. The minimum absolute atomic E-state index is 0.0608. The number of imide groups is 1. The molecule has 0 unspecified atom stereocenters. The molecule has 1 aliphatic heterocycles. The number of ether oxygens (including phenoxy) is 2. The van der Waals surface area contributed by atoms with Gasteiger partial charge in [-0.25, -0.2) is 14.5 Å². The van der Waals surface area contributed by atoms with Crippen molar-refractivity contribution >= 4 is 18.0 Å². The zero-order valence-corrected chi connectivity index (χ0v) is 17.7. The molecule has 2 aromatic rings. The molecule has 1 fully saturated rings. The molecule has 0 spiro atoms. The van der Waals surface area contributed by atoms with Gasteiger partial charge < -0.3 is 14.6 Å². The lowest BCUT2D eigenvalue weighted by molar-refractivity contribution is -0.172. The van der Waals surface area contributed by atoms with Crippen molar-refractivity contribution in [2.45, 2.75) is 37.8 Å². The summed E-state index contributed by atoms with van der Waals surface area (Å²) in [5.41, 5.74) is -0.198. The summed E-state index contributed by atoms with van der Waals surface area (Å²) in [6, 6.07) is 18.4. The Morgan fingerprint density at radius 2 is 1.71 bits per heavy atom. The first-order chi connectivity index (χ1) is 14.8. The molecule has 0 aromatic heterocycles. The van der Waals surface area contributed by atoms with Crippen LogP contribution in [0.4, 0.5) is 4.79 Å². The van der Waals surface area contributed by atoms with Gasteiger partial charge in [-0.2, -0.15) is 0 Å².